The van der Waals surface area contributed by atoms with E-state index in [-0.39, 0.29) is 29.6 Å². The first-order chi connectivity index (χ1) is 5.42. The minimum atomic E-state index is -4.67. The molecule has 0 unspecified atom stereocenters. The molecule has 9 nitrogen and oxygen atoms in total. The number of hydrogen-bond donors (Lipinski definition) is 3. The Balaban J connectivity index is -0.000000177. The Bertz CT molecular complexity index is 342. The fourth-order valence-electron chi connectivity index (χ4n) is 0.148. The summed E-state index contributed by atoms with van der Waals surface area (Å²) in [6.07, 6.45) is 0. The Hall–Kier alpha value is 0.250. The zero-order valence-electron chi connectivity index (χ0n) is 6.11. The van der Waals surface area contributed by atoms with Crippen LogP contribution in [-0.2, 0) is 29.8 Å². The Kier molecular flexibility index (Phi) is 10.6. The van der Waals surface area contributed by atoms with Gasteiger partial charge in [-0.2, -0.15) is 16.8 Å². The van der Waals surface area contributed by atoms with E-state index in [9.17, 15) is 13.2 Å². The van der Waals surface area contributed by atoms with Crippen molar-refractivity contribution in [3.05, 3.63) is 0 Å². The van der Waals surface area contributed by atoms with Gasteiger partial charge in [-0.3, -0.25) is 18.5 Å². The first kappa shape index (κ1) is 19.8. The Morgan fingerprint density at radius 1 is 1.07 bits per heavy atom. The molecule has 0 aromatic rings. The van der Waals surface area contributed by atoms with Gasteiger partial charge in [0, 0.05) is 6.92 Å². The molecule has 0 amide bonds. The van der Waals surface area contributed by atoms with Gasteiger partial charge in [0.05, 0.1) is 0 Å². The van der Waals surface area contributed by atoms with E-state index in [1.54, 1.807) is 0 Å². The van der Waals surface area contributed by atoms with Crippen molar-refractivity contribution in [3.8, 4) is 0 Å². The van der Waals surface area contributed by atoms with Crippen molar-refractivity contribution in [2.24, 2.45) is 0 Å². The molecular weight excluding hydrogens is 255 g/mol. The number of rotatable bonds is 1. The topological polar surface area (TPSA) is 155 Å². The van der Waals surface area contributed by atoms with Crippen molar-refractivity contribution in [2.75, 3.05) is 0 Å². The van der Waals surface area contributed by atoms with E-state index in [0.29, 0.717) is 0 Å². The molecule has 14 heavy (non-hydrogen) atoms. The average molecular weight is 262 g/mol. The predicted octanol–water partition coefficient (Wildman–Crippen LogP) is -1.95. The van der Waals surface area contributed by atoms with Gasteiger partial charge in [-0.1, -0.05) is 0 Å². The van der Waals surface area contributed by atoms with Crippen molar-refractivity contribution < 1.29 is 39.5 Å². The monoisotopic (exact) mass is 262 g/mol. The van der Waals surface area contributed by atoms with E-state index in [2.05, 4.69) is 4.18 Å². The summed E-state index contributed by atoms with van der Waals surface area (Å²) in [5, 5.41) is 0. The van der Waals surface area contributed by atoms with Crippen molar-refractivity contribution >= 4 is 56.3 Å². The van der Waals surface area contributed by atoms with E-state index in [1.807, 2.05) is 0 Å². The first-order valence-corrected chi connectivity index (χ1v) is 5.05. The summed E-state index contributed by atoms with van der Waals surface area (Å²) in [5.74, 6) is -1.06. The van der Waals surface area contributed by atoms with E-state index in [4.69, 9.17) is 22.1 Å². The molecule has 0 aliphatic carbocycles. The molecule has 0 spiro atoms. The third-order valence-electron chi connectivity index (χ3n) is 0.223. The second-order valence-corrected chi connectivity index (χ2v) is 3.37. The van der Waals surface area contributed by atoms with Crippen LogP contribution in [0.5, 0.6) is 0 Å². The van der Waals surface area contributed by atoms with Crippen LogP contribution in [0.2, 0.25) is 0 Å². The summed E-state index contributed by atoms with van der Waals surface area (Å²) < 4.78 is 61.7. The predicted molar refractivity (Wildman–Crippen MR) is 44.6 cm³/mol. The van der Waals surface area contributed by atoms with Crippen LogP contribution in [0.25, 0.3) is 0 Å². The molecular formula is C2H7NaO9S2. The van der Waals surface area contributed by atoms with Crippen LogP contribution in [0, 0.1) is 0 Å². The van der Waals surface area contributed by atoms with E-state index >= 15 is 0 Å². The summed E-state index contributed by atoms with van der Waals surface area (Å²) in [4.78, 5) is 9.70. The molecule has 0 aliphatic heterocycles. The van der Waals surface area contributed by atoms with Crippen LogP contribution >= 0.6 is 0 Å². The number of carbonyl (C=O) groups excluding carboxylic acids is 1. The van der Waals surface area contributed by atoms with Gasteiger partial charge in [-0.05, 0) is 0 Å². The van der Waals surface area contributed by atoms with E-state index in [0.717, 1.165) is 6.92 Å². The molecule has 0 saturated heterocycles. The SMILES string of the molecule is CC(=O)OS(=O)(=O)O.O=S(=O)(O)O.[NaH]. The minimum absolute atomic E-state index is 0. The third-order valence-corrected chi connectivity index (χ3v) is 0.668. The van der Waals surface area contributed by atoms with Crippen molar-refractivity contribution in [1.82, 2.24) is 0 Å². The van der Waals surface area contributed by atoms with Gasteiger partial charge in [0.25, 0.3) is 0 Å². The molecule has 0 aromatic heterocycles. The molecule has 0 bridgehead atoms. The molecule has 12 heteroatoms. The van der Waals surface area contributed by atoms with Crippen LogP contribution in [0.1, 0.15) is 6.92 Å². The zero-order chi connectivity index (χ0) is 11.3. The van der Waals surface area contributed by atoms with Crippen LogP contribution in [0.4, 0.5) is 0 Å². The average Bonchev–Trinajstić information content (AvgIpc) is 1.47. The van der Waals surface area contributed by atoms with Crippen molar-refractivity contribution in [3.63, 3.8) is 0 Å². The maximum absolute atomic E-state index is 9.70. The number of hydrogen-bond acceptors (Lipinski definition) is 6. The second-order valence-electron chi connectivity index (χ2n) is 1.45. The normalized spacial score (nSPS) is 10.3. The standard InChI is InChI=1S/C2H4O5S.Na.H2O4S.H/c1-2(3)7-8(4,5)6;;1-5(2,3)4;/h1H3,(H,4,5,6);;(H2,1,2,3,4);. The Labute approximate surface area is 102 Å². The summed E-state index contributed by atoms with van der Waals surface area (Å²) in [5.41, 5.74) is 0. The molecule has 0 atom stereocenters. The molecule has 0 heterocycles. The Morgan fingerprint density at radius 2 is 1.29 bits per heavy atom. The second kappa shape index (κ2) is 7.53. The summed E-state index contributed by atoms with van der Waals surface area (Å²) >= 11 is 0. The molecule has 0 fully saturated rings. The van der Waals surface area contributed by atoms with Crippen LogP contribution in [0.3, 0.4) is 0 Å². The van der Waals surface area contributed by atoms with E-state index < -0.39 is 26.8 Å². The van der Waals surface area contributed by atoms with Gasteiger partial charge < -0.3 is 4.18 Å². The zero-order valence-corrected chi connectivity index (χ0v) is 7.74. The van der Waals surface area contributed by atoms with Crippen molar-refractivity contribution in [1.29, 1.82) is 0 Å². The van der Waals surface area contributed by atoms with Gasteiger partial charge in [-0.15, -0.1) is 0 Å². The fourth-order valence-corrected chi connectivity index (χ4v) is 0.445. The molecule has 0 aliphatic rings. The fraction of sp³-hybridized carbons (Fsp3) is 0.500. The number of carbonyl (C=O) groups is 1. The summed E-state index contributed by atoms with van der Waals surface area (Å²) in [6, 6.07) is 0. The molecule has 3 N–H and O–H groups in total. The van der Waals surface area contributed by atoms with Gasteiger partial charge in [0.1, 0.15) is 0 Å². The molecule has 0 radical (unpaired) electrons. The van der Waals surface area contributed by atoms with Crippen LogP contribution < -0.4 is 0 Å². The van der Waals surface area contributed by atoms with Gasteiger partial charge >= 0.3 is 56.3 Å². The Morgan fingerprint density at radius 3 is 1.29 bits per heavy atom. The first-order valence-electron chi connectivity index (χ1n) is 2.29. The van der Waals surface area contributed by atoms with Gasteiger partial charge in [0.15, 0.2) is 0 Å². The molecule has 0 saturated carbocycles. The van der Waals surface area contributed by atoms with Crippen LogP contribution in [0.15, 0.2) is 0 Å². The van der Waals surface area contributed by atoms with Gasteiger partial charge in [0.2, 0.25) is 0 Å². The third kappa shape index (κ3) is 56.2. The van der Waals surface area contributed by atoms with E-state index in [1.165, 1.54) is 0 Å². The molecule has 0 aromatic carbocycles. The maximum atomic E-state index is 9.70. The summed E-state index contributed by atoms with van der Waals surface area (Å²) in [7, 11) is -9.24. The molecule has 82 valence electrons. The summed E-state index contributed by atoms with van der Waals surface area (Å²) in [6.45, 7) is 0.869. The quantitative estimate of drug-likeness (QED) is 0.361. The van der Waals surface area contributed by atoms with Crippen LogP contribution in [-0.4, -0.2) is 66.0 Å². The molecule has 0 rings (SSSR count). The van der Waals surface area contributed by atoms with Crippen molar-refractivity contribution in [2.45, 2.75) is 6.92 Å². The van der Waals surface area contributed by atoms with Gasteiger partial charge in [-0.25, -0.2) is 0 Å².